The molecule has 0 unspecified atom stereocenters. The molecule has 2 aromatic carbocycles. The van der Waals surface area contributed by atoms with Gasteiger partial charge in [0, 0.05) is 17.4 Å². The molecule has 2 aromatic rings. The first-order valence-electron chi connectivity index (χ1n) is 7.56. The first-order chi connectivity index (χ1) is 12.6. The standard InChI is InChI=1S/C16H15BrF3N3O3S/c17-11-4-3-5-12(10-11)27(25,26)21-9-8-15(24)23-22-14-7-2-1-6-13(14)16(18,19)20/h1-7,10,21-22H,8-9H2,(H,23,24). The Morgan fingerprint density at radius 1 is 1.07 bits per heavy atom. The molecule has 146 valence electrons. The Hall–Kier alpha value is -2.11. The Labute approximate surface area is 162 Å². The highest BCUT2D eigenvalue weighted by Crippen LogP contribution is 2.34. The Morgan fingerprint density at radius 2 is 1.78 bits per heavy atom. The number of alkyl halides is 3. The van der Waals surface area contributed by atoms with Crippen molar-refractivity contribution in [2.24, 2.45) is 0 Å². The van der Waals surface area contributed by atoms with Gasteiger partial charge in [0.05, 0.1) is 16.1 Å². The molecule has 0 atom stereocenters. The first-order valence-corrected chi connectivity index (χ1v) is 9.83. The number of anilines is 1. The third-order valence-corrected chi connectivity index (χ3v) is 5.27. The number of hydrazine groups is 1. The molecule has 2 rings (SSSR count). The molecule has 0 saturated heterocycles. The minimum atomic E-state index is -4.58. The van der Waals surface area contributed by atoms with E-state index in [4.69, 9.17) is 0 Å². The Bertz CT molecular complexity index is 920. The third-order valence-electron chi connectivity index (χ3n) is 3.32. The van der Waals surface area contributed by atoms with E-state index in [1.54, 1.807) is 12.1 Å². The van der Waals surface area contributed by atoms with Gasteiger partial charge in [0.1, 0.15) is 0 Å². The van der Waals surface area contributed by atoms with Crippen molar-refractivity contribution in [3.63, 3.8) is 0 Å². The van der Waals surface area contributed by atoms with Crippen LogP contribution in [-0.4, -0.2) is 20.9 Å². The van der Waals surface area contributed by atoms with Crippen LogP contribution in [0.5, 0.6) is 0 Å². The minimum absolute atomic E-state index is 0.0227. The van der Waals surface area contributed by atoms with E-state index in [1.807, 2.05) is 0 Å². The van der Waals surface area contributed by atoms with Crippen molar-refractivity contribution in [3.8, 4) is 0 Å². The zero-order chi connectivity index (χ0) is 20.1. The van der Waals surface area contributed by atoms with Crippen molar-refractivity contribution in [2.75, 3.05) is 12.0 Å². The fourth-order valence-corrected chi connectivity index (χ4v) is 3.68. The van der Waals surface area contributed by atoms with Crippen molar-refractivity contribution in [1.82, 2.24) is 10.1 Å². The summed E-state index contributed by atoms with van der Waals surface area (Å²) >= 11 is 3.16. The van der Waals surface area contributed by atoms with E-state index in [1.165, 1.54) is 30.3 Å². The SMILES string of the molecule is O=C(CCNS(=O)(=O)c1cccc(Br)c1)NNc1ccccc1C(F)(F)F. The van der Waals surface area contributed by atoms with Gasteiger partial charge in [0.15, 0.2) is 0 Å². The molecule has 0 saturated carbocycles. The van der Waals surface area contributed by atoms with E-state index in [-0.39, 0.29) is 23.5 Å². The van der Waals surface area contributed by atoms with Crippen molar-refractivity contribution >= 4 is 37.5 Å². The Balaban J connectivity index is 1.87. The number of rotatable bonds is 7. The number of carbonyl (C=O) groups excluding carboxylic acids is 1. The molecule has 3 N–H and O–H groups in total. The lowest BCUT2D eigenvalue weighted by Gasteiger charge is -2.15. The largest absolute Gasteiger partial charge is 0.418 e. The number of carbonyl (C=O) groups is 1. The quantitative estimate of drug-likeness (QED) is 0.547. The van der Waals surface area contributed by atoms with Crippen LogP contribution in [-0.2, 0) is 21.0 Å². The highest BCUT2D eigenvalue weighted by atomic mass is 79.9. The minimum Gasteiger partial charge on any atom is -0.298 e. The number of para-hydroxylation sites is 1. The summed E-state index contributed by atoms with van der Waals surface area (Å²) in [5.41, 5.74) is 3.08. The van der Waals surface area contributed by atoms with Gasteiger partial charge in [-0.15, -0.1) is 0 Å². The highest BCUT2D eigenvalue weighted by Gasteiger charge is 2.33. The van der Waals surface area contributed by atoms with Gasteiger partial charge in [-0.05, 0) is 30.3 Å². The summed E-state index contributed by atoms with van der Waals surface area (Å²) in [6, 6.07) is 10.7. The molecule has 0 spiro atoms. The van der Waals surface area contributed by atoms with E-state index in [9.17, 15) is 26.4 Å². The van der Waals surface area contributed by atoms with E-state index in [2.05, 4.69) is 31.5 Å². The lowest BCUT2D eigenvalue weighted by atomic mass is 10.2. The number of halogens is 4. The normalized spacial score (nSPS) is 11.9. The molecule has 0 bridgehead atoms. The highest BCUT2D eigenvalue weighted by molar-refractivity contribution is 9.10. The Kier molecular flexibility index (Phi) is 6.84. The number of sulfonamides is 1. The second-order valence-electron chi connectivity index (χ2n) is 5.32. The summed E-state index contributed by atoms with van der Waals surface area (Å²) in [5.74, 6) is -0.677. The first kappa shape index (κ1) is 21.2. The molecule has 0 aromatic heterocycles. The summed E-state index contributed by atoms with van der Waals surface area (Å²) in [6.45, 7) is -0.219. The van der Waals surface area contributed by atoms with Crippen LogP contribution in [0.3, 0.4) is 0 Å². The Morgan fingerprint density at radius 3 is 2.44 bits per heavy atom. The van der Waals surface area contributed by atoms with Gasteiger partial charge in [-0.1, -0.05) is 34.1 Å². The molecule has 11 heteroatoms. The summed E-state index contributed by atoms with van der Waals surface area (Å²) in [6.07, 6.45) is -4.84. The maximum atomic E-state index is 12.9. The fourth-order valence-electron chi connectivity index (χ4n) is 2.06. The average Bonchev–Trinajstić information content (AvgIpc) is 2.59. The second kappa shape index (κ2) is 8.72. The maximum Gasteiger partial charge on any atom is 0.418 e. The summed E-state index contributed by atoms with van der Waals surface area (Å²) in [5, 5.41) is 0. The number of benzene rings is 2. The van der Waals surface area contributed by atoms with Crippen LogP contribution >= 0.6 is 15.9 Å². The molecule has 0 aliphatic rings. The molecule has 27 heavy (non-hydrogen) atoms. The molecule has 6 nitrogen and oxygen atoms in total. The summed E-state index contributed by atoms with van der Waals surface area (Å²) in [4.78, 5) is 11.8. The van der Waals surface area contributed by atoms with Gasteiger partial charge in [-0.3, -0.25) is 15.6 Å². The van der Waals surface area contributed by atoms with Crippen molar-refractivity contribution in [2.45, 2.75) is 17.5 Å². The zero-order valence-corrected chi connectivity index (χ0v) is 16.1. The number of hydrogen-bond donors (Lipinski definition) is 3. The number of amides is 1. The number of nitrogens with one attached hydrogen (secondary N) is 3. The van der Waals surface area contributed by atoms with Crippen molar-refractivity contribution in [3.05, 3.63) is 58.6 Å². The van der Waals surface area contributed by atoms with Crippen LogP contribution in [0.25, 0.3) is 0 Å². The van der Waals surface area contributed by atoms with Gasteiger partial charge in [-0.2, -0.15) is 13.2 Å². The van der Waals surface area contributed by atoms with Gasteiger partial charge in [0.25, 0.3) is 0 Å². The zero-order valence-electron chi connectivity index (χ0n) is 13.7. The third kappa shape index (κ3) is 6.22. The summed E-state index contributed by atoms with van der Waals surface area (Å²) < 4.78 is 65.6. The monoisotopic (exact) mass is 465 g/mol. The van der Waals surface area contributed by atoms with Gasteiger partial charge in [0.2, 0.25) is 15.9 Å². The molecule has 1 amide bonds. The predicted molar refractivity (Wildman–Crippen MR) is 97.2 cm³/mol. The van der Waals surface area contributed by atoms with Gasteiger partial charge < -0.3 is 0 Å². The predicted octanol–water partition coefficient (Wildman–Crippen LogP) is 3.28. The lowest BCUT2D eigenvalue weighted by molar-refractivity contribution is -0.137. The van der Waals surface area contributed by atoms with E-state index >= 15 is 0 Å². The maximum absolute atomic E-state index is 12.9. The molecule has 0 radical (unpaired) electrons. The van der Waals surface area contributed by atoms with Crippen LogP contribution in [0.2, 0.25) is 0 Å². The molecular formula is C16H15BrF3N3O3S. The second-order valence-corrected chi connectivity index (χ2v) is 8.00. The van der Waals surface area contributed by atoms with Crippen LogP contribution in [0, 0.1) is 0 Å². The van der Waals surface area contributed by atoms with Gasteiger partial charge in [-0.25, -0.2) is 13.1 Å². The molecule has 0 fully saturated rings. The summed E-state index contributed by atoms with van der Waals surface area (Å²) in [7, 11) is -3.80. The molecular weight excluding hydrogens is 451 g/mol. The number of hydrogen-bond acceptors (Lipinski definition) is 4. The van der Waals surface area contributed by atoms with Gasteiger partial charge >= 0.3 is 6.18 Å². The van der Waals surface area contributed by atoms with Crippen molar-refractivity contribution in [1.29, 1.82) is 0 Å². The smallest absolute Gasteiger partial charge is 0.298 e. The molecule has 0 heterocycles. The lowest BCUT2D eigenvalue weighted by Crippen LogP contribution is -2.34. The van der Waals surface area contributed by atoms with E-state index < -0.39 is 27.7 Å². The topological polar surface area (TPSA) is 87.3 Å². The molecule has 0 aliphatic carbocycles. The van der Waals surface area contributed by atoms with Crippen molar-refractivity contribution < 1.29 is 26.4 Å². The molecule has 0 aliphatic heterocycles. The van der Waals surface area contributed by atoms with Crippen LogP contribution in [0.1, 0.15) is 12.0 Å². The van der Waals surface area contributed by atoms with E-state index in [0.717, 1.165) is 6.07 Å². The van der Waals surface area contributed by atoms with Crippen LogP contribution in [0.4, 0.5) is 18.9 Å². The fraction of sp³-hybridized carbons (Fsp3) is 0.188. The van der Waals surface area contributed by atoms with Crippen LogP contribution in [0.15, 0.2) is 57.9 Å². The van der Waals surface area contributed by atoms with Crippen LogP contribution < -0.4 is 15.6 Å². The van der Waals surface area contributed by atoms with E-state index in [0.29, 0.717) is 4.47 Å². The average molecular weight is 466 g/mol.